The van der Waals surface area contributed by atoms with E-state index in [2.05, 4.69) is 15.9 Å². The number of hydrogen-bond acceptors (Lipinski definition) is 2. The number of aliphatic hydroxyl groups excluding tert-OH is 2. The summed E-state index contributed by atoms with van der Waals surface area (Å²) in [6.07, 6.45) is 1.28. The Kier molecular flexibility index (Phi) is 4.82. The van der Waals surface area contributed by atoms with E-state index in [4.69, 9.17) is 10.2 Å². The van der Waals surface area contributed by atoms with Crippen LogP contribution in [0.5, 0.6) is 0 Å². The minimum Gasteiger partial charge on any atom is -0.396 e. The van der Waals surface area contributed by atoms with E-state index in [0.29, 0.717) is 12.8 Å². The van der Waals surface area contributed by atoms with E-state index < -0.39 is 5.01 Å². The number of rotatable bonds is 3. The molecule has 0 aliphatic rings. The second-order valence-corrected chi connectivity index (χ2v) is 2.36. The molecule has 0 saturated carbocycles. The van der Waals surface area contributed by atoms with E-state index in [1.165, 1.54) is 0 Å². The quantitative estimate of drug-likeness (QED) is 0.603. The van der Waals surface area contributed by atoms with Crippen LogP contribution in [-0.4, -0.2) is 21.8 Å². The van der Waals surface area contributed by atoms with Gasteiger partial charge in [-0.25, -0.2) is 0 Å². The predicted molar refractivity (Wildman–Crippen MR) is 31.3 cm³/mol. The second kappa shape index (κ2) is 4.56. The summed E-state index contributed by atoms with van der Waals surface area (Å²) in [6.45, 7) is 0.155. The first-order chi connectivity index (χ1) is 3.27. The van der Waals surface area contributed by atoms with Crippen LogP contribution < -0.4 is 0 Å². The van der Waals surface area contributed by atoms with Gasteiger partial charge in [-0.3, -0.25) is 0 Å². The molecule has 0 aromatic rings. The van der Waals surface area contributed by atoms with Crippen molar-refractivity contribution in [2.24, 2.45) is 0 Å². The maximum Gasteiger partial charge on any atom is 0.109 e. The fourth-order valence-corrected chi connectivity index (χ4v) is 0.583. The fraction of sp³-hybridized carbons (Fsp3) is 1.00. The Morgan fingerprint density at radius 2 is 2.14 bits per heavy atom. The minimum absolute atomic E-state index is 0.155. The molecule has 1 unspecified atom stereocenters. The second-order valence-electron chi connectivity index (χ2n) is 1.30. The van der Waals surface area contributed by atoms with Gasteiger partial charge in [-0.15, -0.1) is 0 Å². The van der Waals surface area contributed by atoms with E-state index in [0.717, 1.165) is 0 Å². The largest absolute Gasteiger partial charge is 0.396 e. The summed E-state index contributed by atoms with van der Waals surface area (Å²) in [4.78, 5) is 0. The lowest BCUT2D eigenvalue weighted by atomic mass is 10.3. The first-order valence-electron chi connectivity index (χ1n) is 2.20. The zero-order chi connectivity index (χ0) is 5.70. The molecular formula is C4H9BrO2. The Bertz CT molecular complexity index is 38.7. The van der Waals surface area contributed by atoms with Gasteiger partial charge in [-0.05, 0) is 12.8 Å². The molecule has 0 saturated heterocycles. The van der Waals surface area contributed by atoms with Crippen LogP contribution in [0.25, 0.3) is 0 Å². The highest BCUT2D eigenvalue weighted by atomic mass is 79.9. The Hall–Kier alpha value is 0.400. The lowest BCUT2D eigenvalue weighted by molar-refractivity contribution is 0.225. The third kappa shape index (κ3) is 6.40. The van der Waals surface area contributed by atoms with Crippen LogP contribution in [0, 0.1) is 0 Å². The van der Waals surface area contributed by atoms with Gasteiger partial charge in [-0.2, -0.15) is 0 Å². The fourth-order valence-electron chi connectivity index (χ4n) is 0.260. The summed E-state index contributed by atoms with van der Waals surface area (Å²) >= 11 is 2.92. The molecule has 0 aromatic heterocycles. The summed E-state index contributed by atoms with van der Waals surface area (Å²) in [7, 11) is 0. The van der Waals surface area contributed by atoms with Crippen LogP contribution in [0.1, 0.15) is 12.8 Å². The van der Waals surface area contributed by atoms with Gasteiger partial charge in [0.25, 0.3) is 0 Å². The molecule has 0 aliphatic heterocycles. The van der Waals surface area contributed by atoms with Gasteiger partial charge in [0, 0.05) is 6.61 Å². The number of alkyl halides is 1. The minimum atomic E-state index is -0.445. The molecule has 0 radical (unpaired) electrons. The van der Waals surface area contributed by atoms with E-state index in [1.807, 2.05) is 0 Å². The van der Waals surface area contributed by atoms with Crippen molar-refractivity contribution in [1.82, 2.24) is 0 Å². The van der Waals surface area contributed by atoms with E-state index >= 15 is 0 Å². The number of aliphatic hydroxyl groups is 2. The molecule has 2 nitrogen and oxygen atoms in total. The van der Waals surface area contributed by atoms with Crippen molar-refractivity contribution >= 4 is 15.9 Å². The van der Waals surface area contributed by atoms with Crippen molar-refractivity contribution in [1.29, 1.82) is 0 Å². The summed E-state index contributed by atoms with van der Waals surface area (Å²) in [5, 5.41) is 16.2. The summed E-state index contributed by atoms with van der Waals surface area (Å²) in [5.74, 6) is 0. The molecule has 1 atom stereocenters. The van der Waals surface area contributed by atoms with Crippen LogP contribution in [-0.2, 0) is 0 Å². The maximum atomic E-state index is 8.49. The van der Waals surface area contributed by atoms with Crippen molar-refractivity contribution in [3.63, 3.8) is 0 Å². The monoisotopic (exact) mass is 168 g/mol. The highest BCUT2D eigenvalue weighted by Crippen LogP contribution is 2.01. The van der Waals surface area contributed by atoms with Gasteiger partial charge in [0.1, 0.15) is 5.01 Å². The Balaban J connectivity index is 2.68. The molecule has 7 heavy (non-hydrogen) atoms. The van der Waals surface area contributed by atoms with Gasteiger partial charge >= 0.3 is 0 Å². The molecule has 0 fully saturated rings. The maximum absolute atomic E-state index is 8.49. The molecule has 0 rings (SSSR count). The highest BCUT2D eigenvalue weighted by molar-refractivity contribution is 9.09. The topological polar surface area (TPSA) is 40.5 Å². The lowest BCUT2D eigenvalue weighted by Crippen LogP contribution is -1.95. The van der Waals surface area contributed by atoms with Crippen molar-refractivity contribution in [2.45, 2.75) is 17.9 Å². The van der Waals surface area contributed by atoms with Gasteiger partial charge in [0.15, 0.2) is 0 Å². The van der Waals surface area contributed by atoms with Gasteiger partial charge < -0.3 is 10.2 Å². The normalized spacial score (nSPS) is 14.1. The van der Waals surface area contributed by atoms with Crippen molar-refractivity contribution in [3.8, 4) is 0 Å². The zero-order valence-electron chi connectivity index (χ0n) is 3.97. The Morgan fingerprint density at radius 1 is 1.57 bits per heavy atom. The SMILES string of the molecule is OCCCC(O)Br. The van der Waals surface area contributed by atoms with E-state index in [9.17, 15) is 0 Å². The van der Waals surface area contributed by atoms with Gasteiger partial charge in [0.05, 0.1) is 0 Å². The standard InChI is InChI=1S/C4H9BrO2/c5-4(7)2-1-3-6/h4,6-7H,1-3H2. The third-order valence-electron chi connectivity index (χ3n) is 0.600. The molecular weight excluding hydrogens is 160 g/mol. The molecule has 0 aliphatic carbocycles. The van der Waals surface area contributed by atoms with Crippen molar-refractivity contribution in [2.75, 3.05) is 6.61 Å². The van der Waals surface area contributed by atoms with Crippen LogP contribution in [0.3, 0.4) is 0 Å². The van der Waals surface area contributed by atoms with Gasteiger partial charge in [-0.1, -0.05) is 15.9 Å². The number of hydrogen-bond donors (Lipinski definition) is 2. The first-order valence-corrected chi connectivity index (χ1v) is 3.12. The lowest BCUT2D eigenvalue weighted by Gasteiger charge is -1.96. The van der Waals surface area contributed by atoms with E-state index in [-0.39, 0.29) is 6.61 Å². The molecule has 0 aromatic carbocycles. The Morgan fingerprint density at radius 3 is 2.29 bits per heavy atom. The first kappa shape index (κ1) is 7.40. The molecule has 0 bridgehead atoms. The van der Waals surface area contributed by atoms with Crippen molar-refractivity contribution < 1.29 is 10.2 Å². The third-order valence-corrected chi connectivity index (χ3v) is 1.06. The molecule has 0 spiro atoms. The van der Waals surface area contributed by atoms with Gasteiger partial charge in [0.2, 0.25) is 0 Å². The smallest absolute Gasteiger partial charge is 0.109 e. The summed E-state index contributed by atoms with van der Waals surface area (Å²) in [6, 6.07) is 0. The predicted octanol–water partition coefficient (Wildman–Crippen LogP) is 0.472. The summed E-state index contributed by atoms with van der Waals surface area (Å²) in [5.41, 5.74) is 0. The van der Waals surface area contributed by atoms with Crippen LogP contribution in [0.4, 0.5) is 0 Å². The molecule has 2 N–H and O–H groups in total. The Labute approximate surface area is 51.3 Å². The molecule has 0 heterocycles. The zero-order valence-corrected chi connectivity index (χ0v) is 5.56. The molecule has 3 heteroatoms. The molecule has 44 valence electrons. The van der Waals surface area contributed by atoms with Crippen molar-refractivity contribution in [3.05, 3.63) is 0 Å². The summed E-state index contributed by atoms with van der Waals surface area (Å²) < 4.78 is 0. The average Bonchev–Trinajstić information content (AvgIpc) is 1.61. The average molecular weight is 169 g/mol. The van der Waals surface area contributed by atoms with Crippen LogP contribution in [0.15, 0.2) is 0 Å². The van der Waals surface area contributed by atoms with E-state index in [1.54, 1.807) is 0 Å². The van der Waals surface area contributed by atoms with Crippen LogP contribution in [0.2, 0.25) is 0 Å². The highest BCUT2D eigenvalue weighted by Gasteiger charge is 1.93. The van der Waals surface area contributed by atoms with Crippen LogP contribution >= 0.6 is 15.9 Å². The number of halogens is 1. The molecule has 0 amide bonds.